The van der Waals surface area contributed by atoms with Crippen LogP contribution in [-0.4, -0.2) is 29.6 Å². The maximum Gasteiger partial charge on any atom is 0.232 e. The molecule has 5 heteroatoms. The van der Waals surface area contributed by atoms with Gasteiger partial charge in [-0.15, -0.1) is 11.8 Å². The number of halogens is 2. The summed E-state index contributed by atoms with van der Waals surface area (Å²) in [6, 6.07) is 3.71. The first-order valence-electron chi connectivity index (χ1n) is 6.42. The average Bonchev–Trinajstić information content (AvgIpc) is 2.40. The Kier molecular flexibility index (Phi) is 4.80. The third-order valence-corrected chi connectivity index (χ3v) is 4.37. The summed E-state index contributed by atoms with van der Waals surface area (Å²) in [5.41, 5.74) is 0. The summed E-state index contributed by atoms with van der Waals surface area (Å²) in [6.45, 7) is 3.80. The highest BCUT2D eigenvalue weighted by molar-refractivity contribution is 8.00. The van der Waals surface area contributed by atoms with Crippen molar-refractivity contribution in [1.29, 1.82) is 0 Å². The minimum Gasteiger partial charge on any atom is -0.342 e. The fraction of sp³-hybridized carbons (Fsp3) is 0.500. The summed E-state index contributed by atoms with van der Waals surface area (Å²) in [4.78, 5) is 14.4. The first kappa shape index (κ1) is 14.3. The van der Waals surface area contributed by atoms with Crippen molar-refractivity contribution in [3.05, 3.63) is 29.8 Å². The molecule has 0 radical (unpaired) electrons. The molecule has 0 N–H and O–H groups in total. The number of likely N-dealkylation sites (tertiary alicyclic amines) is 1. The Balaban J connectivity index is 1.84. The van der Waals surface area contributed by atoms with E-state index < -0.39 is 11.6 Å². The molecule has 2 nitrogen and oxygen atoms in total. The van der Waals surface area contributed by atoms with Gasteiger partial charge in [0.1, 0.15) is 0 Å². The third-order valence-electron chi connectivity index (χ3n) is 3.39. The van der Waals surface area contributed by atoms with Crippen LogP contribution >= 0.6 is 11.8 Å². The van der Waals surface area contributed by atoms with Crippen LogP contribution in [0.5, 0.6) is 0 Å². The van der Waals surface area contributed by atoms with E-state index in [1.807, 2.05) is 4.90 Å². The Morgan fingerprint density at radius 1 is 1.32 bits per heavy atom. The van der Waals surface area contributed by atoms with Crippen molar-refractivity contribution in [1.82, 2.24) is 4.90 Å². The van der Waals surface area contributed by atoms with Gasteiger partial charge in [0.2, 0.25) is 5.91 Å². The predicted octanol–water partition coefficient (Wildman–Crippen LogP) is 3.32. The number of piperidine rings is 1. The number of thioether (sulfide) groups is 1. The van der Waals surface area contributed by atoms with Crippen LogP contribution in [0.15, 0.2) is 23.1 Å². The second kappa shape index (κ2) is 6.37. The maximum absolute atomic E-state index is 13.0. The lowest BCUT2D eigenvalue weighted by molar-refractivity contribution is -0.129. The smallest absolute Gasteiger partial charge is 0.232 e. The fourth-order valence-corrected chi connectivity index (χ4v) is 2.88. The van der Waals surface area contributed by atoms with Crippen molar-refractivity contribution in [3.63, 3.8) is 0 Å². The Labute approximate surface area is 116 Å². The zero-order valence-corrected chi connectivity index (χ0v) is 11.7. The van der Waals surface area contributed by atoms with Gasteiger partial charge in [-0.25, -0.2) is 8.78 Å². The maximum atomic E-state index is 13.0. The van der Waals surface area contributed by atoms with Crippen LogP contribution in [-0.2, 0) is 4.79 Å². The molecule has 1 fully saturated rings. The lowest BCUT2D eigenvalue weighted by Gasteiger charge is -2.30. The Bertz CT molecular complexity index is 459. The summed E-state index contributed by atoms with van der Waals surface area (Å²) >= 11 is 1.25. The minimum atomic E-state index is -0.871. The molecule has 2 rings (SSSR count). The normalized spacial score (nSPS) is 16.7. The molecule has 0 spiro atoms. The molecule has 1 aliphatic rings. The van der Waals surface area contributed by atoms with E-state index in [0.29, 0.717) is 10.8 Å². The molecule has 1 aromatic rings. The van der Waals surface area contributed by atoms with E-state index in [1.165, 1.54) is 17.8 Å². The first-order chi connectivity index (χ1) is 9.06. The van der Waals surface area contributed by atoms with Gasteiger partial charge in [0, 0.05) is 18.0 Å². The number of carbonyl (C=O) groups is 1. The molecule has 104 valence electrons. The molecule has 1 heterocycles. The van der Waals surface area contributed by atoms with E-state index in [9.17, 15) is 13.6 Å². The van der Waals surface area contributed by atoms with Gasteiger partial charge < -0.3 is 4.90 Å². The first-order valence-corrected chi connectivity index (χ1v) is 7.40. The molecule has 1 amide bonds. The highest BCUT2D eigenvalue weighted by atomic mass is 32.2. The zero-order chi connectivity index (χ0) is 13.8. The van der Waals surface area contributed by atoms with E-state index in [1.54, 1.807) is 0 Å². The minimum absolute atomic E-state index is 0.0710. The topological polar surface area (TPSA) is 20.3 Å². The number of benzene rings is 1. The zero-order valence-electron chi connectivity index (χ0n) is 10.9. The molecular weight excluding hydrogens is 268 g/mol. The van der Waals surface area contributed by atoms with Gasteiger partial charge in [0.05, 0.1) is 5.75 Å². The number of hydrogen-bond donors (Lipinski definition) is 0. The lowest BCUT2D eigenvalue weighted by Crippen LogP contribution is -2.38. The molecule has 0 unspecified atom stereocenters. The molecule has 0 atom stereocenters. The number of nitrogens with zero attached hydrogens (tertiary/aromatic N) is 1. The van der Waals surface area contributed by atoms with Crippen LogP contribution in [0.4, 0.5) is 8.78 Å². The van der Waals surface area contributed by atoms with Crippen molar-refractivity contribution in [2.75, 3.05) is 18.8 Å². The monoisotopic (exact) mass is 285 g/mol. The Morgan fingerprint density at radius 3 is 2.63 bits per heavy atom. The summed E-state index contributed by atoms with van der Waals surface area (Å²) in [6.07, 6.45) is 2.09. The van der Waals surface area contributed by atoms with Crippen LogP contribution in [0.25, 0.3) is 0 Å². The van der Waals surface area contributed by atoms with Crippen molar-refractivity contribution in [2.24, 2.45) is 5.92 Å². The quantitative estimate of drug-likeness (QED) is 0.794. The van der Waals surface area contributed by atoms with E-state index in [0.717, 1.165) is 38.1 Å². The van der Waals surface area contributed by atoms with Crippen LogP contribution in [0, 0.1) is 17.6 Å². The third kappa shape index (κ3) is 3.93. The van der Waals surface area contributed by atoms with E-state index >= 15 is 0 Å². The summed E-state index contributed by atoms with van der Waals surface area (Å²) in [5, 5.41) is 0. The molecule has 1 saturated heterocycles. The lowest BCUT2D eigenvalue weighted by atomic mass is 9.99. The molecule has 19 heavy (non-hydrogen) atoms. The van der Waals surface area contributed by atoms with Crippen molar-refractivity contribution in [3.8, 4) is 0 Å². The second-order valence-electron chi connectivity index (χ2n) is 4.93. The van der Waals surface area contributed by atoms with Crippen LogP contribution in [0.2, 0.25) is 0 Å². The van der Waals surface area contributed by atoms with Crippen molar-refractivity contribution < 1.29 is 13.6 Å². The fourth-order valence-electron chi connectivity index (χ4n) is 2.06. The molecule has 1 aliphatic heterocycles. The summed E-state index contributed by atoms with van der Waals surface area (Å²) in [5.74, 6) is -0.700. The molecule has 0 bridgehead atoms. The number of carbonyl (C=O) groups excluding carboxylic acids is 1. The van der Waals surface area contributed by atoms with E-state index in [2.05, 4.69) is 6.92 Å². The number of hydrogen-bond acceptors (Lipinski definition) is 2. The molecule has 1 aromatic carbocycles. The van der Waals surface area contributed by atoms with E-state index in [4.69, 9.17) is 0 Å². The van der Waals surface area contributed by atoms with Crippen LogP contribution < -0.4 is 0 Å². The molecule has 0 aromatic heterocycles. The van der Waals surface area contributed by atoms with E-state index in [-0.39, 0.29) is 11.7 Å². The number of amides is 1. The second-order valence-corrected chi connectivity index (χ2v) is 5.98. The van der Waals surface area contributed by atoms with Gasteiger partial charge in [-0.05, 0) is 37.0 Å². The average molecular weight is 285 g/mol. The van der Waals surface area contributed by atoms with Gasteiger partial charge in [-0.2, -0.15) is 0 Å². The van der Waals surface area contributed by atoms with Crippen molar-refractivity contribution in [2.45, 2.75) is 24.7 Å². The highest BCUT2D eigenvalue weighted by Gasteiger charge is 2.20. The molecule has 0 aliphatic carbocycles. The predicted molar refractivity (Wildman–Crippen MR) is 72.1 cm³/mol. The van der Waals surface area contributed by atoms with Gasteiger partial charge in [-0.1, -0.05) is 6.92 Å². The Morgan fingerprint density at radius 2 is 2.00 bits per heavy atom. The largest absolute Gasteiger partial charge is 0.342 e. The molecular formula is C14H17F2NOS. The van der Waals surface area contributed by atoms with Crippen molar-refractivity contribution >= 4 is 17.7 Å². The van der Waals surface area contributed by atoms with Crippen LogP contribution in [0.1, 0.15) is 19.8 Å². The SMILES string of the molecule is CC1CCN(C(=O)CSc2ccc(F)c(F)c2)CC1. The summed E-state index contributed by atoms with van der Waals surface area (Å²) in [7, 11) is 0. The Hall–Kier alpha value is -1.10. The number of rotatable bonds is 3. The van der Waals surface area contributed by atoms with Gasteiger partial charge in [-0.3, -0.25) is 4.79 Å². The van der Waals surface area contributed by atoms with Crippen LogP contribution in [0.3, 0.4) is 0 Å². The van der Waals surface area contributed by atoms with Gasteiger partial charge in [0.15, 0.2) is 11.6 Å². The van der Waals surface area contributed by atoms with Gasteiger partial charge in [0.25, 0.3) is 0 Å². The summed E-state index contributed by atoms with van der Waals surface area (Å²) < 4.78 is 25.8. The molecule has 0 saturated carbocycles. The van der Waals surface area contributed by atoms with Gasteiger partial charge >= 0.3 is 0 Å². The standard InChI is InChI=1S/C14H17F2NOS/c1-10-4-6-17(7-5-10)14(18)9-19-11-2-3-12(15)13(16)8-11/h2-3,8,10H,4-7,9H2,1H3. The highest BCUT2D eigenvalue weighted by Crippen LogP contribution is 2.22.